The van der Waals surface area contributed by atoms with E-state index in [0.717, 1.165) is 0 Å². The number of halogens is 1. The zero-order valence-corrected chi connectivity index (χ0v) is 13.4. The molecule has 0 bridgehead atoms. The summed E-state index contributed by atoms with van der Waals surface area (Å²) in [7, 11) is 1.60. The molecule has 0 radical (unpaired) electrons. The highest BCUT2D eigenvalue weighted by atomic mass is 19.1. The van der Waals surface area contributed by atoms with Crippen LogP contribution in [0.1, 0.15) is 28.5 Å². The van der Waals surface area contributed by atoms with E-state index in [9.17, 15) is 14.3 Å². The molecule has 7 heteroatoms. The molecular formula is C17H20FN3O3. The van der Waals surface area contributed by atoms with Crippen LogP contribution >= 0.6 is 0 Å². The lowest BCUT2D eigenvalue weighted by Crippen LogP contribution is -2.32. The molecule has 2 heterocycles. The Morgan fingerprint density at radius 2 is 2.29 bits per heavy atom. The Hall–Kier alpha value is -2.25. The van der Waals surface area contributed by atoms with Crippen molar-refractivity contribution in [1.29, 1.82) is 0 Å². The second kappa shape index (κ2) is 7.11. The van der Waals surface area contributed by atoms with E-state index in [-0.39, 0.29) is 24.3 Å². The van der Waals surface area contributed by atoms with E-state index in [1.807, 2.05) is 0 Å². The molecule has 0 spiro atoms. The maximum absolute atomic E-state index is 13.5. The van der Waals surface area contributed by atoms with Crippen LogP contribution in [0.3, 0.4) is 0 Å². The number of likely N-dealkylation sites (tertiary alicyclic amines) is 1. The van der Waals surface area contributed by atoms with Gasteiger partial charge in [0.1, 0.15) is 11.5 Å². The summed E-state index contributed by atoms with van der Waals surface area (Å²) in [5, 5.41) is 14.2. The molecular weight excluding hydrogens is 313 g/mol. The van der Waals surface area contributed by atoms with E-state index < -0.39 is 6.10 Å². The molecule has 2 atom stereocenters. The van der Waals surface area contributed by atoms with E-state index in [1.54, 1.807) is 41.1 Å². The Bertz CT molecular complexity index is 719. The van der Waals surface area contributed by atoms with Crippen molar-refractivity contribution in [3.05, 3.63) is 53.6 Å². The van der Waals surface area contributed by atoms with Gasteiger partial charge >= 0.3 is 0 Å². The summed E-state index contributed by atoms with van der Waals surface area (Å²) >= 11 is 0. The molecule has 1 aromatic heterocycles. The molecule has 1 saturated heterocycles. The van der Waals surface area contributed by atoms with Crippen LogP contribution in [0.15, 0.2) is 36.5 Å². The predicted molar refractivity (Wildman–Crippen MR) is 84.9 cm³/mol. The molecule has 0 unspecified atom stereocenters. The maximum Gasteiger partial charge on any atom is 0.274 e. The number of aliphatic hydroxyl groups excluding tert-OH is 1. The fourth-order valence-corrected chi connectivity index (χ4v) is 3.00. The Morgan fingerprint density at radius 1 is 1.46 bits per heavy atom. The Kier molecular flexibility index (Phi) is 4.92. The Labute approximate surface area is 139 Å². The third-order valence-corrected chi connectivity index (χ3v) is 4.16. The number of carbonyl (C=O) groups is 1. The highest BCUT2D eigenvalue weighted by Crippen LogP contribution is 2.33. The van der Waals surface area contributed by atoms with Crippen LogP contribution in [0.25, 0.3) is 0 Å². The lowest BCUT2D eigenvalue weighted by molar-refractivity contribution is 0.0708. The third-order valence-electron chi connectivity index (χ3n) is 4.16. The molecule has 1 aromatic carbocycles. The largest absolute Gasteiger partial charge is 0.391 e. The molecule has 0 aliphatic carbocycles. The molecule has 1 fully saturated rings. The molecule has 128 valence electrons. The summed E-state index contributed by atoms with van der Waals surface area (Å²) in [6.45, 7) is 1.27. The van der Waals surface area contributed by atoms with Gasteiger partial charge in [-0.25, -0.2) is 4.39 Å². The highest BCUT2D eigenvalue weighted by Gasteiger charge is 2.36. The van der Waals surface area contributed by atoms with Gasteiger partial charge in [-0.2, -0.15) is 5.10 Å². The molecule has 0 saturated carbocycles. The lowest BCUT2D eigenvalue weighted by Gasteiger charge is -2.24. The number of nitrogens with zero attached hydrogens (tertiary/aromatic N) is 3. The van der Waals surface area contributed by atoms with Crippen LogP contribution in [0.2, 0.25) is 0 Å². The molecule has 3 rings (SSSR count). The fraction of sp³-hybridized carbons (Fsp3) is 0.412. The number of methoxy groups -OCH3 is 1. The monoisotopic (exact) mass is 333 g/mol. The average molecular weight is 333 g/mol. The maximum atomic E-state index is 13.5. The van der Waals surface area contributed by atoms with Crippen molar-refractivity contribution in [2.24, 2.45) is 0 Å². The van der Waals surface area contributed by atoms with Crippen molar-refractivity contribution in [2.75, 3.05) is 20.3 Å². The summed E-state index contributed by atoms with van der Waals surface area (Å²) in [6.07, 6.45) is 1.48. The lowest BCUT2D eigenvalue weighted by atomic mass is 10.0. The number of rotatable bonds is 5. The predicted octanol–water partition coefficient (Wildman–Crippen LogP) is 1.62. The van der Waals surface area contributed by atoms with Gasteiger partial charge < -0.3 is 14.7 Å². The molecule has 24 heavy (non-hydrogen) atoms. The first-order valence-electron chi connectivity index (χ1n) is 7.85. The molecule has 6 nitrogen and oxygen atoms in total. The number of aliphatic hydroxyl groups is 1. The van der Waals surface area contributed by atoms with E-state index in [2.05, 4.69) is 5.10 Å². The number of β-amino-alcohol motifs (C(OH)–C–C–N with tert-alkyl or cyclic N) is 1. The summed E-state index contributed by atoms with van der Waals surface area (Å²) < 4.78 is 20.1. The van der Waals surface area contributed by atoms with Crippen molar-refractivity contribution >= 4 is 5.91 Å². The quantitative estimate of drug-likeness (QED) is 0.903. The smallest absolute Gasteiger partial charge is 0.274 e. The number of carbonyl (C=O) groups excluding carboxylic acids is 1. The van der Waals surface area contributed by atoms with Gasteiger partial charge in [-0.3, -0.25) is 9.48 Å². The number of hydrogen-bond acceptors (Lipinski definition) is 4. The number of ether oxygens (including phenoxy) is 1. The second-order valence-electron chi connectivity index (χ2n) is 5.87. The Morgan fingerprint density at radius 3 is 3.04 bits per heavy atom. The van der Waals surface area contributed by atoms with E-state index in [1.165, 1.54) is 12.1 Å². The molecule has 1 N–H and O–H groups in total. The van der Waals surface area contributed by atoms with Crippen LogP contribution in [-0.2, 0) is 11.3 Å². The second-order valence-corrected chi connectivity index (χ2v) is 5.87. The van der Waals surface area contributed by atoms with E-state index >= 15 is 0 Å². The van der Waals surface area contributed by atoms with Crippen molar-refractivity contribution in [3.63, 3.8) is 0 Å². The van der Waals surface area contributed by atoms with E-state index in [0.29, 0.717) is 30.8 Å². The molecule has 1 amide bonds. The normalized spacial score (nSPS) is 20.5. The van der Waals surface area contributed by atoms with Crippen molar-refractivity contribution < 1.29 is 19.0 Å². The van der Waals surface area contributed by atoms with Crippen LogP contribution in [0, 0.1) is 5.82 Å². The van der Waals surface area contributed by atoms with Crippen molar-refractivity contribution in [3.8, 4) is 0 Å². The van der Waals surface area contributed by atoms with Gasteiger partial charge in [0.15, 0.2) is 0 Å². The molecule has 1 aliphatic rings. The van der Waals surface area contributed by atoms with Gasteiger partial charge in [-0.1, -0.05) is 12.1 Å². The van der Waals surface area contributed by atoms with Gasteiger partial charge in [-0.05, 0) is 30.2 Å². The minimum Gasteiger partial charge on any atom is -0.391 e. The topological polar surface area (TPSA) is 67.6 Å². The third kappa shape index (κ3) is 3.47. The first kappa shape index (κ1) is 16.6. The molecule has 1 aliphatic heterocycles. The Balaban J connectivity index is 1.80. The first-order chi connectivity index (χ1) is 11.6. The van der Waals surface area contributed by atoms with Gasteiger partial charge in [0, 0.05) is 19.9 Å². The van der Waals surface area contributed by atoms with Crippen molar-refractivity contribution in [1.82, 2.24) is 14.7 Å². The minimum absolute atomic E-state index is 0.213. The van der Waals surface area contributed by atoms with Gasteiger partial charge in [0.25, 0.3) is 5.91 Å². The number of amides is 1. The van der Waals surface area contributed by atoms with Crippen LogP contribution in [-0.4, -0.2) is 52.1 Å². The SMILES string of the molecule is COCCn1ccc(C(=O)N2C[C@@H](O)C[C@@H]2c2cccc(F)c2)n1. The summed E-state index contributed by atoms with van der Waals surface area (Å²) in [5.41, 5.74) is 0.986. The fourth-order valence-electron chi connectivity index (χ4n) is 3.00. The van der Waals surface area contributed by atoms with Crippen LogP contribution < -0.4 is 0 Å². The standard InChI is InChI=1S/C17H20FN3O3/c1-24-8-7-20-6-5-15(19-20)17(23)21-11-14(22)10-16(21)12-3-2-4-13(18)9-12/h2-6,9,14,16,22H,7-8,10-11H2,1H3/t14-,16+/m0/s1. The first-order valence-corrected chi connectivity index (χ1v) is 7.85. The van der Waals surface area contributed by atoms with Gasteiger partial charge in [-0.15, -0.1) is 0 Å². The zero-order valence-electron chi connectivity index (χ0n) is 13.4. The average Bonchev–Trinajstić information content (AvgIpc) is 3.19. The van der Waals surface area contributed by atoms with Crippen molar-refractivity contribution in [2.45, 2.75) is 25.1 Å². The van der Waals surface area contributed by atoms with Gasteiger partial charge in [0.05, 0.1) is 25.3 Å². The van der Waals surface area contributed by atoms with Crippen LogP contribution in [0.5, 0.6) is 0 Å². The minimum atomic E-state index is -0.627. The summed E-state index contributed by atoms with van der Waals surface area (Å²) in [6, 6.07) is 7.43. The summed E-state index contributed by atoms with van der Waals surface area (Å²) in [5.74, 6) is -0.623. The highest BCUT2D eigenvalue weighted by molar-refractivity contribution is 5.92. The van der Waals surface area contributed by atoms with Gasteiger partial charge in [0.2, 0.25) is 0 Å². The van der Waals surface area contributed by atoms with Crippen LogP contribution in [0.4, 0.5) is 4.39 Å². The molecule has 2 aromatic rings. The summed E-state index contributed by atoms with van der Waals surface area (Å²) in [4.78, 5) is 14.3. The zero-order chi connectivity index (χ0) is 17.1. The number of hydrogen-bond donors (Lipinski definition) is 1. The number of benzene rings is 1. The van der Waals surface area contributed by atoms with E-state index in [4.69, 9.17) is 4.74 Å². The number of aromatic nitrogens is 2.